The molecule has 0 radical (unpaired) electrons. The first kappa shape index (κ1) is 16.5. The van der Waals surface area contributed by atoms with Crippen LogP contribution in [0.3, 0.4) is 0 Å². The van der Waals surface area contributed by atoms with Crippen LogP contribution in [0.15, 0.2) is 15.1 Å². The number of fused-ring (bicyclic) bond motifs is 1. The van der Waals surface area contributed by atoms with Gasteiger partial charge >= 0.3 is 0 Å². The highest BCUT2D eigenvalue weighted by molar-refractivity contribution is 7.92. The van der Waals surface area contributed by atoms with E-state index in [0.717, 1.165) is 12.6 Å². The van der Waals surface area contributed by atoms with Gasteiger partial charge in [-0.25, -0.2) is 14.0 Å². The maximum Gasteiger partial charge on any atom is 0.230 e. The average Bonchev–Trinajstić information content (AvgIpc) is 2.68. The van der Waals surface area contributed by atoms with Crippen molar-refractivity contribution in [3.63, 3.8) is 0 Å². The Kier molecular flexibility index (Phi) is 4.51. The van der Waals surface area contributed by atoms with Crippen LogP contribution >= 0.6 is 0 Å². The van der Waals surface area contributed by atoms with Gasteiger partial charge in [0.2, 0.25) is 5.88 Å². The number of hydrogen-bond acceptors (Lipinski definition) is 4. The normalized spacial score (nSPS) is 22.9. The second kappa shape index (κ2) is 5.73. The summed E-state index contributed by atoms with van der Waals surface area (Å²) in [6.07, 6.45) is 1.55. The maximum atomic E-state index is 12.8. The predicted molar refractivity (Wildman–Crippen MR) is 87.2 cm³/mol. The molecule has 0 amide bonds. The fourth-order valence-corrected chi connectivity index (χ4v) is 7.93. The third kappa shape index (κ3) is 4.07. The molecular formula is C13H26N4O2SSi. The molecule has 0 aliphatic carbocycles. The van der Waals surface area contributed by atoms with Crippen LogP contribution in [0.25, 0.3) is 0 Å². The number of ether oxygens (including phenoxy) is 1. The van der Waals surface area contributed by atoms with Crippen LogP contribution in [-0.4, -0.2) is 29.6 Å². The van der Waals surface area contributed by atoms with E-state index in [0.29, 0.717) is 23.3 Å². The fraction of sp³-hybridized carbons (Fsp3) is 0.769. The molecule has 1 aliphatic heterocycles. The van der Waals surface area contributed by atoms with Gasteiger partial charge < -0.3 is 4.74 Å². The summed E-state index contributed by atoms with van der Waals surface area (Å²) in [7, 11) is -4.43. The molecule has 1 aromatic heterocycles. The summed E-state index contributed by atoms with van der Waals surface area (Å²) in [5.41, 5.74) is 0.176. The van der Waals surface area contributed by atoms with E-state index in [-0.39, 0.29) is 5.41 Å². The molecule has 120 valence electrons. The number of hydrogen-bond donors (Lipinski definition) is 1. The minimum Gasteiger partial charge on any atom is -0.477 e. The first-order chi connectivity index (χ1) is 9.58. The first-order valence-electron chi connectivity index (χ1n) is 7.31. The van der Waals surface area contributed by atoms with Gasteiger partial charge in [-0.15, -0.1) is 0 Å². The van der Waals surface area contributed by atoms with Crippen molar-refractivity contribution in [1.82, 2.24) is 9.78 Å². The number of nitrogens with two attached hydrogens (primary N) is 1. The van der Waals surface area contributed by atoms with Gasteiger partial charge in [0.05, 0.1) is 19.3 Å². The molecule has 21 heavy (non-hydrogen) atoms. The van der Waals surface area contributed by atoms with E-state index in [2.05, 4.69) is 43.4 Å². The summed E-state index contributed by atoms with van der Waals surface area (Å²) in [4.78, 5) is 0.447. The summed E-state index contributed by atoms with van der Waals surface area (Å²) in [6.45, 7) is 12.0. The summed E-state index contributed by atoms with van der Waals surface area (Å²) in [5.74, 6) is 0.923. The smallest absolute Gasteiger partial charge is 0.230 e. The molecule has 2 rings (SSSR count). The average molecular weight is 331 g/mol. The Labute approximate surface area is 129 Å². The Balaban J connectivity index is 2.30. The monoisotopic (exact) mass is 330 g/mol. The summed E-state index contributed by atoms with van der Waals surface area (Å²) >= 11 is 0. The van der Waals surface area contributed by atoms with Gasteiger partial charge in [0, 0.05) is 5.92 Å². The van der Waals surface area contributed by atoms with E-state index in [9.17, 15) is 4.21 Å². The standard InChI is InChI=1S/C13H26N4O2SSi/c1-10-7-17-12(19-8-10)11(6-15-17)20(14,18)16-21(5)9-13(2,3)4/h6,10,21H,7-9H2,1-5H3,(H2,14,16,18)/t10-,20?,21?/m0/s1. The van der Waals surface area contributed by atoms with E-state index in [4.69, 9.17) is 9.88 Å². The summed E-state index contributed by atoms with van der Waals surface area (Å²) in [6, 6.07) is 0.961. The van der Waals surface area contributed by atoms with Crippen LogP contribution in [-0.2, 0) is 16.5 Å². The van der Waals surface area contributed by atoms with Crippen molar-refractivity contribution < 1.29 is 8.95 Å². The van der Waals surface area contributed by atoms with Crippen LogP contribution < -0.4 is 9.88 Å². The molecule has 2 heterocycles. The first-order valence-corrected chi connectivity index (χ1v) is 11.4. The number of rotatable bonds is 3. The lowest BCUT2D eigenvalue weighted by Gasteiger charge is -2.22. The minimum atomic E-state index is -2.92. The second-order valence-electron chi connectivity index (χ2n) is 7.20. The van der Waals surface area contributed by atoms with Gasteiger partial charge in [0.15, 0.2) is 8.96 Å². The highest BCUT2D eigenvalue weighted by atomic mass is 32.2. The Morgan fingerprint density at radius 1 is 1.62 bits per heavy atom. The minimum absolute atomic E-state index is 0.176. The van der Waals surface area contributed by atoms with Crippen molar-refractivity contribution >= 4 is 18.9 Å². The lowest BCUT2D eigenvalue weighted by Crippen LogP contribution is -2.26. The molecule has 0 saturated carbocycles. The van der Waals surface area contributed by atoms with E-state index in [1.165, 1.54) is 0 Å². The topological polar surface area (TPSA) is 82.5 Å². The largest absolute Gasteiger partial charge is 0.477 e. The molecule has 0 spiro atoms. The van der Waals surface area contributed by atoms with Crippen LogP contribution in [0, 0.1) is 11.3 Å². The Hall–Kier alpha value is -0.863. The Morgan fingerprint density at radius 2 is 2.29 bits per heavy atom. The second-order valence-corrected chi connectivity index (χ2v) is 11.7. The molecule has 1 aromatic rings. The zero-order chi connectivity index (χ0) is 15.8. The van der Waals surface area contributed by atoms with Crippen molar-refractivity contribution in [3.05, 3.63) is 6.20 Å². The van der Waals surface area contributed by atoms with E-state index < -0.39 is 18.9 Å². The number of aromatic nitrogens is 2. The third-order valence-electron chi connectivity index (χ3n) is 3.31. The van der Waals surface area contributed by atoms with Crippen molar-refractivity contribution in [1.29, 1.82) is 0 Å². The van der Waals surface area contributed by atoms with E-state index in [1.54, 1.807) is 10.9 Å². The molecule has 6 nitrogen and oxygen atoms in total. The Bertz CT molecular complexity index is 629. The molecule has 8 heteroatoms. The Morgan fingerprint density at radius 3 is 2.90 bits per heavy atom. The van der Waals surface area contributed by atoms with E-state index in [1.807, 2.05) is 0 Å². The molecule has 0 saturated heterocycles. The van der Waals surface area contributed by atoms with Crippen molar-refractivity contribution in [3.8, 4) is 5.88 Å². The molecular weight excluding hydrogens is 304 g/mol. The van der Waals surface area contributed by atoms with Gasteiger partial charge in [0.25, 0.3) is 0 Å². The summed E-state index contributed by atoms with van der Waals surface area (Å²) in [5, 5.41) is 10.3. The van der Waals surface area contributed by atoms with Crippen LogP contribution in [0.4, 0.5) is 0 Å². The SMILES string of the molecule is C[C@@H]1COc2c(S(N)(=O)=N[SiH](C)CC(C)(C)C)cnn2C1. The molecule has 1 aliphatic rings. The number of nitrogens with zero attached hydrogens (tertiary/aromatic N) is 3. The molecule has 2 N–H and O–H groups in total. The zero-order valence-electron chi connectivity index (χ0n) is 13.5. The van der Waals surface area contributed by atoms with Crippen molar-refractivity contribution in [2.45, 2.75) is 51.7 Å². The maximum absolute atomic E-state index is 12.8. The van der Waals surface area contributed by atoms with Gasteiger partial charge in [0.1, 0.15) is 14.8 Å². The van der Waals surface area contributed by atoms with Crippen molar-refractivity contribution in [2.75, 3.05) is 6.61 Å². The highest BCUT2D eigenvalue weighted by Crippen LogP contribution is 2.29. The van der Waals surface area contributed by atoms with E-state index >= 15 is 0 Å². The molecule has 3 atom stereocenters. The van der Waals surface area contributed by atoms with Gasteiger partial charge in [-0.05, 0) is 11.5 Å². The quantitative estimate of drug-likeness (QED) is 0.861. The molecule has 2 unspecified atom stereocenters. The molecule has 0 aromatic carbocycles. The van der Waals surface area contributed by atoms with Gasteiger partial charge in [-0.1, -0.05) is 34.2 Å². The van der Waals surface area contributed by atoms with Crippen LogP contribution in [0.1, 0.15) is 27.7 Å². The lowest BCUT2D eigenvalue weighted by atomic mass is 10.0. The van der Waals surface area contributed by atoms with Gasteiger partial charge in [-0.2, -0.15) is 5.10 Å². The highest BCUT2D eigenvalue weighted by Gasteiger charge is 2.26. The zero-order valence-corrected chi connectivity index (χ0v) is 15.5. The van der Waals surface area contributed by atoms with Gasteiger partial charge in [-0.3, -0.25) is 4.03 Å². The molecule has 0 fully saturated rings. The van der Waals surface area contributed by atoms with Crippen LogP contribution in [0.5, 0.6) is 5.88 Å². The molecule has 0 bridgehead atoms. The summed E-state index contributed by atoms with van der Waals surface area (Å²) < 4.78 is 24.7. The van der Waals surface area contributed by atoms with Crippen LogP contribution in [0.2, 0.25) is 12.6 Å². The third-order valence-corrected chi connectivity index (χ3v) is 8.73. The lowest BCUT2D eigenvalue weighted by molar-refractivity contribution is 0.171. The van der Waals surface area contributed by atoms with Crippen molar-refractivity contribution in [2.24, 2.45) is 20.5 Å². The fourth-order valence-electron chi connectivity index (χ4n) is 2.65. The predicted octanol–water partition coefficient (Wildman–Crippen LogP) is 2.01.